The highest BCUT2D eigenvalue weighted by atomic mass is 16.1. The number of fused-ring (bicyclic) bond motifs is 1. The standard InChI is InChI=1S/C14H20N4O/c1-14(2,3)17-13(19)6-7-18-9-16-11-8-10(15)4-5-12(11)18/h4-5,8-9H,6-7,15H2,1-3H3,(H,17,19). The number of aryl methyl sites for hydroxylation is 1. The molecule has 19 heavy (non-hydrogen) atoms. The van der Waals surface area contributed by atoms with Crippen molar-refractivity contribution in [2.24, 2.45) is 0 Å². The summed E-state index contributed by atoms with van der Waals surface area (Å²) in [5.41, 5.74) is 8.07. The van der Waals surface area contributed by atoms with Crippen molar-refractivity contribution in [2.45, 2.75) is 39.3 Å². The van der Waals surface area contributed by atoms with Crippen molar-refractivity contribution in [1.82, 2.24) is 14.9 Å². The minimum Gasteiger partial charge on any atom is -0.399 e. The van der Waals surface area contributed by atoms with E-state index in [4.69, 9.17) is 5.73 Å². The fourth-order valence-electron chi connectivity index (χ4n) is 1.96. The second kappa shape index (κ2) is 4.91. The van der Waals surface area contributed by atoms with Crippen LogP contribution in [0, 0.1) is 0 Å². The zero-order valence-corrected chi connectivity index (χ0v) is 11.6. The Kier molecular flexibility index (Phi) is 3.46. The van der Waals surface area contributed by atoms with Crippen molar-refractivity contribution in [3.63, 3.8) is 0 Å². The van der Waals surface area contributed by atoms with Gasteiger partial charge >= 0.3 is 0 Å². The van der Waals surface area contributed by atoms with Gasteiger partial charge in [-0.1, -0.05) is 0 Å². The van der Waals surface area contributed by atoms with Gasteiger partial charge in [-0.3, -0.25) is 4.79 Å². The third kappa shape index (κ3) is 3.47. The molecule has 0 saturated heterocycles. The van der Waals surface area contributed by atoms with Crippen LogP contribution in [-0.4, -0.2) is 21.0 Å². The monoisotopic (exact) mass is 260 g/mol. The average molecular weight is 260 g/mol. The number of hydrogen-bond acceptors (Lipinski definition) is 3. The number of aromatic nitrogens is 2. The predicted molar refractivity (Wildman–Crippen MR) is 76.7 cm³/mol. The van der Waals surface area contributed by atoms with Crippen LogP contribution < -0.4 is 11.1 Å². The van der Waals surface area contributed by atoms with Crippen molar-refractivity contribution in [1.29, 1.82) is 0 Å². The SMILES string of the molecule is CC(C)(C)NC(=O)CCn1cnc2cc(N)ccc21. The summed E-state index contributed by atoms with van der Waals surface area (Å²) in [5.74, 6) is 0.0461. The highest BCUT2D eigenvalue weighted by molar-refractivity contribution is 5.80. The summed E-state index contributed by atoms with van der Waals surface area (Å²) in [6, 6.07) is 5.61. The molecule has 1 aromatic carbocycles. The van der Waals surface area contributed by atoms with E-state index < -0.39 is 0 Å². The molecule has 1 heterocycles. The Morgan fingerprint density at radius 1 is 1.42 bits per heavy atom. The Morgan fingerprint density at radius 3 is 2.84 bits per heavy atom. The Labute approximate surface area is 112 Å². The van der Waals surface area contributed by atoms with Gasteiger partial charge in [0.2, 0.25) is 5.91 Å². The van der Waals surface area contributed by atoms with E-state index in [-0.39, 0.29) is 11.4 Å². The van der Waals surface area contributed by atoms with E-state index in [2.05, 4.69) is 10.3 Å². The molecule has 2 rings (SSSR count). The second-order valence-electron chi connectivity index (χ2n) is 5.73. The van der Waals surface area contributed by atoms with Crippen LogP contribution in [0.5, 0.6) is 0 Å². The molecule has 0 aliphatic rings. The quantitative estimate of drug-likeness (QED) is 0.828. The number of carbonyl (C=O) groups excluding carboxylic acids is 1. The zero-order chi connectivity index (χ0) is 14.0. The summed E-state index contributed by atoms with van der Waals surface area (Å²) in [7, 11) is 0. The summed E-state index contributed by atoms with van der Waals surface area (Å²) < 4.78 is 1.97. The first kappa shape index (κ1) is 13.4. The summed E-state index contributed by atoms with van der Waals surface area (Å²) >= 11 is 0. The third-order valence-electron chi connectivity index (χ3n) is 2.74. The largest absolute Gasteiger partial charge is 0.399 e. The van der Waals surface area contributed by atoms with Crippen LogP contribution >= 0.6 is 0 Å². The van der Waals surface area contributed by atoms with Crippen LogP contribution in [0.1, 0.15) is 27.2 Å². The molecular weight excluding hydrogens is 240 g/mol. The van der Waals surface area contributed by atoms with E-state index in [0.717, 1.165) is 11.0 Å². The van der Waals surface area contributed by atoms with Gasteiger partial charge in [0.15, 0.2) is 0 Å². The molecule has 0 fully saturated rings. The van der Waals surface area contributed by atoms with Crippen LogP contribution in [-0.2, 0) is 11.3 Å². The third-order valence-corrected chi connectivity index (χ3v) is 2.74. The van der Waals surface area contributed by atoms with E-state index >= 15 is 0 Å². The second-order valence-corrected chi connectivity index (χ2v) is 5.73. The number of carbonyl (C=O) groups is 1. The number of rotatable bonds is 3. The summed E-state index contributed by atoms with van der Waals surface area (Å²) in [6.45, 7) is 6.53. The number of nitrogens with zero attached hydrogens (tertiary/aromatic N) is 2. The van der Waals surface area contributed by atoms with Gasteiger partial charge in [-0.2, -0.15) is 0 Å². The van der Waals surface area contributed by atoms with Crippen LogP contribution in [0.25, 0.3) is 11.0 Å². The van der Waals surface area contributed by atoms with E-state index in [9.17, 15) is 4.79 Å². The fourth-order valence-corrected chi connectivity index (χ4v) is 1.96. The molecule has 0 unspecified atom stereocenters. The molecule has 2 aromatic rings. The molecule has 5 heteroatoms. The molecule has 102 valence electrons. The fraction of sp³-hybridized carbons (Fsp3) is 0.429. The highest BCUT2D eigenvalue weighted by Crippen LogP contribution is 2.16. The first-order valence-electron chi connectivity index (χ1n) is 6.36. The molecule has 0 aliphatic heterocycles. The highest BCUT2D eigenvalue weighted by Gasteiger charge is 2.13. The molecule has 3 N–H and O–H groups in total. The topological polar surface area (TPSA) is 72.9 Å². The van der Waals surface area contributed by atoms with Crippen molar-refractivity contribution in [2.75, 3.05) is 5.73 Å². The van der Waals surface area contributed by atoms with Crippen LogP contribution in [0.3, 0.4) is 0 Å². The lowest BCUT2D eigenvalue weighted by Crippen LogP contribution is -2.40. The van der Waals surface area contributed by atoms with Gasteiger partial charge in [0.1, 0.15) is 0 Å². The Hall–Kier alpha value is -2.04. The van der Waals surface area contributed by atoms with Crippen LogP contribution in [0.15, 0.2) is 24.5 Å². The molecule has 0 radical (unpaired) electrons. The molecule has 5 nitrogen and oxygen atoms in total. The zero-order valence-electron chi connectivity index (χ0n) is 11.6. The number of benzene rings is 1. The maximum Gasteiger partial charge on any atom is 0.222 e. The minimum absolute atomic E-state index is 0.0461. The van der Waals surface area contributed by atoms with Crippen LogP contribution in [0.2, 0.25) is 0 Å². The Morgan fingerprint density at radius 2 is 2.16 bits per heavy atom. The van der Waals surface area contributed by atoms with Crippen LogP contribution in [0.4, 0.5) is 5.69 Å². The first-order valence-corrected chi connectivity index (χ1v) is 6.36. The van der Waals surface area contributed by atoms with E-state index in [1.54, 1.807) is 6.33 Å². The minimum atomic E-state index is -0.192. The van der Waals surface area contributed by atoms with Crippen molar-refractivity contribution >= 4 is 22.6 Å². The van der Waals surface area contributed by atoms with E-state index in [0.29, 0.717) is 18.7 Å². The van der Waals surface area contributed by atoms with E-state index in [1.165, 1.54) is 0 Å². The lowest BCUT2D eigenvalue weighted by Gasteiger charge is -2.20. The lowest BCUT2D eigenvalue weighted by molar-refractivity contribution is -0.122. The van der Waals surface area contributed by atoms with Gasteiger partial charge in [0.25, 0.3) is 0 Å². The van der Waals surface area contributed by atoms with Gasteiger partial charge in [0, 0.05) is 24.2 Å². The first-order chi connectivity index (χ1) is 8.85. The smallest absolute Gasteiger partial charge is 0.222 e. The molecule has 0 atom stereocenters. The number of nitrogens with one attached hydrogen (secondary N) is 1. The number of nitrogen functional groups attached to an aromatic ring is 1. The number of imidazole rings is 1. The maximum atomic E-state index is 11.8. The molecule has 1 aromatic heterocycles. The van der Waals surface area contributed by atoms with Crippen molar-refractivity contribution < 1.29 is 4.79 Å². The normalized spacial score (nSPS) is 11.7. The number of amides is 1. The molecule has 1 amide bonds. The number of hydrogen-bond donors (Lipinski definition) is 2. The lowest BCUT2D eigenvalue weighted by atomic mass is 10.1. The van der Waals surface area contributed by atoms with Gasteiger partial charge in [-0.15, -0.1) is 0 Å². The van der Waals surface area contributed by atoms with Gasteiger partial charge in [-0.25, -0.2) is 4.98 Å². The van der Waals surface area contributed by atoms with Crippen molar-refractivity contribution in [3.8, 4) is 0 Å². The summed E-state index contributed by atoms with van der Waals surface area (Å²) in [5, 5.41) is 2.95. The van der Waals surface area contributed by atoms with Crippen molar-refractivity contribution in [3.05, 3.63) is 24.5 Å². The van der Waals surface area contributed by atoms with E-state index in [1.807, 2.05) is 43.5 Å². The molecule has 0 spiro atoms. The molecule has 0 aliphatic carbocycles. The summed E-state index contributed by atoms with van der Waals surface area (Å²) in [4.78, 5) is 16.1. The molecule has 0 bridgehead atoms. The molecular formula is C14H20N4O. The van der Waals surface area contributed by atoms with Gasteiger partial charge < -0.3 is 15.6 Å². The van der Waals surface area contributed by atoms with Gasteiger partial charge in [0.05, 0.1) is 17.4 Å². The van der Waals surface area contributed by atoms with Gasteiger partial charge in [-0.05, 0) is 39.0 Å². The average Bonchev–Trinajstić information content (AvgIpc) is 2.66. The Balaban J connectivity index is 2.04. The predicted octanol–water partition coefficient (Wildman–Crippen LogP) is 1.92. The summed E-state index contributed by atoms with van der Waals surface area (Å²) in [6.07, 6.45) is 2.18. The maximum absolute atomic E-state index is 11.8. The number of nitrogens with two attached hydrogens (primary N) is 1. The number of anilines is 1. The molecule has 0 saturated carbocycles. The Bertz CT molecular complexity index is 595.